The first-order valence-corrected chi connectivity index (χ1v) is 5.81. The number of rotatable bonds is 3. The highest BCUT2D eigenvalue weighted by Gasteiger charge is 2.02. The summed E-state index contributed by atoms with van der Waals surface area (Å²) in [5.41, 5.74) is 5.70. The lowest BCUT2D eigenvalue weighted by Gasteiger charge is -2.00. The van der Waals surface area contributed by atoms with Gasteiger partial charge in [-0.1, -0.05) is 12.1 Å². The largest absolute Gasteiger partial charge is 0.360 e. The van der Waals surface area contributed by atoms with E-state index >= 15 is 0 Å². The van der Waals surface area contributed by atoms with Crippen LogP contribution >= 0.6 is 11.8 Å². The molecule has 0 aliphatic carbocycles. The quantitative estimate of drug-likeness (QED) is 0.611. The minimum Gasteiger partial charge on any atom is -0.360 e. The number of hydrogen-bond donors (Lipinski definition) is 2. The molecule has 0 bridgehead atoms. The summed E-state index contributed by atoms with van der Waals surface area (Å²) < 4.78 is 19.2. The zero-order valence-corrected chi connectivity index (χ0v) is 8.81. The third kappa shape index (κ3) is 3.91. The van der Waals surface area contributed by atoms with Crippen LogP contribution in [0.15, 0.2) is 29.2 Å². The number of carbonyl (C=O) groups excluding carboxylic acids is 1. The summed E-state index contributed by atoms with van der Waals surface area (Å²) in [4.78, 5) is 11.3. The molecule has 3 N–H and O–H groups in total. The molecule has 0 aliphatic rings. The molecule has 6 heteroatoms. The second-order valence-corrected chi connectivity index (χ2v) is 4.54. The SMILES string of the molecule is NC(=O)Sc1cccc(CS(=O)O)c1. The van der Waals surface area contributed by atoms with Gasteiger partial charge >= 0.3 is 0 Å². The first-order chi connectivity index (χ1) is 6.58. The van der Waals surface area contributed by atoms with E-state index in [0.29, 0.717) is 10.5 Å². The molecule has 76 valence electrons. The molecule has 0 fully saturated rings. The van der Waals surface area contributed by atoms with Crippen molar-refractivity contribution in [1.29, 1.82) is 0 Å². The summed E-state index contributed by atoms with van der Waals surface area (Å²) in [5.74, 6) is 0.0627. The van der Waals surface area contributed by atoms with E-state index < -0.39 is 16.3 Å². The fraction of sp³-hybridized carbons (Fsp3) is 0.125. The third-order valence-electron chi connectivity index (χ3n) is 1.41. The Morgan fingerprint density at radius 2 is 2.29 bits per heavy atom. The first-order valence-electron chi connectivity index (χ1n) is 3.71. The van der Waals surface area contributed by atoms with Crippen LogP contribution in [0, 0.1) is 0 Å². The molecule has 1 rings (SSSR count). The summed E-state index contributed by atoms with van der Waals surface area (Å²) in [6.45, 7) is 0. The van der Waals surface area contributed by atoms with E-state index in [1.54, 1.807) is 24.3 Å². The van der Waals surface area contributed by atoms with Gasteiger partial charge in [0.15, 0.2) is 11.1 Å². The van der Waals surface area contributed by atoms with Gasteiger partial charge in [-0.25, -0.2) is 4.21 Å². The minimum absolute atomic E-state index is 0.0627. The van der Waals surface area contributed by atoms with Gasteiger partial charge in [-0.2, -0.15) is 0 Å². The highest BCUT2D eigenvalue weighted by Crippen LogP contribution is 2.19. The number of amides is 1. The molecule has 1 unspecified atom stereocenters. The average molecular weight is 231 g/mol. The van der Waals surface area contributed by atoms with Crippen LogP contribution in [0.4, 0.5) is 4.79 Å². The van der Waals surface area contributed by atoms with E-state index in [0.717, 1.165) is 11.8 Å². The highest BCUT2D eigenvalue weighted by atomic mass is 32.2. The Hall–Kier alpha value is -0.850. The molecule has 1 aromatic carbocycles. The average Bonchev–Trinajstić information content (AvgIpc) is 2.01. The molecule has 1 atom stereocenters. The van der Waals surface area contributed by atoms with Crippen LogP contribution < -0.4 is 5.73 Å². The predicted molar refractivity (Wildman–Crippen MR) is 56.4 cm³/mol. The number of carbonyl (C=O) groups is 1. The summed E-state index contributed by atoms with van der Waals surface area (Å²) in [6.07, 6.45) is 0. The van der Waals surface area contributed by atoms with Crippen LogP contribution in [0.25, 0.3) is 0 Å². The van der Waals surface area contributed by atoms with Crippen LogP contribution in [0.1, 0.15) is 5.56 Å². The smallest absolute Gasteiger partial charge is 0.281 e. The molecule has 14 heavy (non-hydrogen) atoms. The van der Waals surface area contributed by atoms with Gasteiger partial charge in [0.1, 0.15) is 0 Å². The van der Waals surface area contributed by atoms with Crippen LogP contribution in [0.2, 0.25) is 0 Å². The van der Waals surface area contributed by atoms with Crippen LogP contribution in [0.5, 0.6) is 0 Å². The molecule has 1 aromatic rings. The van der Waals surface area contributed by atoms with Gasteiger partial charge in [0.25, 0.3) is 5.24 Å². The summed E-state index contributed by atoms with van der Waals surface area (Å²) in [6, 6.07) is 6.83. The second-order valence-electron chi connectivity index (χ2n) is 2.53. The minimum atomic E-state index is -1.86. The molecule has 0 saturated heterocycles. The Morgan fingerprint density at radius 3 is 2.86 bits per heavy atom. The maximum atomic E-state index is 10.6. The zero-order chi connectivity index (χ0) is 10.6. The Morgan fingerprint density at radius 1 is 1.57 bits per heavy atom. The molecule has 0 heterocycles. The molecule has 4 nitrogen and oxygen atoms in total. The molecular formula is C8H9NO3S2. The van der Waals surface area contributed by atoms with Gasteiger partial charge in [-0.15, -0.1) is 0 Å². The monoisotopic (exact) mass is 231 g/mol. The van der Waals surface area contributed by atoms with Gasteiger partial charge in [0.05, 0.1) is 5.75 Å². The van der Waals surface area contributed by atoms with E-state index in [1.807, 2.05) is 0 Å². The molecule has 0 saturated carbocycles. The number of thioether (sulfide) groups is 1. The van der Waals surface area contributed by atoms with Crippen LogP contribution in [0.3, 0.4) is 0 Å². The number of benzene rings is 1. The molecule has 0 radical (unpaired) electrons. The van der Waals surface area contributed by atoms with Gasteiger partial charge in [-0.05, 0) is 29.5 Å². The van der Waals surface area contributed by atoms with E-state index in [9.17, 15) is 9.00 Å². The van der Waals surface area contributed by atoms with Crippen molar-refractivity contribution in [1.82, 2.24) is 0 Å². The van der Waals surface area contributed by atoms with E-state index in [1.165, 1.54) is 0 Å². The van der Waals surface area contributed by atoms with Gasteiger partial charge in [-0.3, -0.25) is 4.79 Å². The Bertz CT molecular complexity index is 336. The molecular weight excluding hydrogens is 222 g/mol. The Kier molecular flexibility index (Phi) is 4.12. The first kappa shape index (κ1) is 11.2. The topological polar surface area (TPSA) is 80.4 Å². The summed E-state index contributed by atoms with van der Waals surface area (Å²) in [7, 11) is 0. The van der Waals surface area contributed by atoms with Gasteiger partial charge in [0.2, 0.25) is 0 Å². The normalized spacial score (nSPS) is 12.4. The summed E-state index contributed by atoms with van der Waals surface area (Å²) >= 11 is -0.965. The van der Waals surface area contributed by atoms with E-state index in [4.69, 9.17) is 10.3 Å². The fourth-order valence-corrected chi connectivity index (χ4v) is 2.01. The maximum Gasteiger partial charge on any atom is 0.281 e. The Balaban J connectivity index is 2.78. The highest BCUT2D eigenvalue weighted by molar-refractivity contribution is 8.13. The molecule has 0 spiro atoms. The standard InChI is InChI=1S/C8H9NO3S2/c9-8(10)13-7-3-1-2-6(4-7)5-14(11)12/h1-4H,5H2,(H2,9,10)(H,11,12). The fourth-order valence-electron chi connectivity index (χ4n) is 0.957. The van der Waals surface area contributed by atoms with Gasteiger partial charge in [0, 0.05) is 4.90 Å². The second kappa shape index (κ2) is 5.14. The van der Waals surface area contributed by atoms with Crippen molar-refractivity contribution < 1.29 is 13.6 Å². The lowest BCUT2D eigenvalue weighted by Crippen LogP contribution is -2.01. The molecule has 0 aliphatic heterocycles. The zero-order valence-electron chi connectivity index (χ0n) is 7.17. The lowest BCUT2D eigenvalue weighted by molar-refractivity contribution is 0.267. The molecule has 1 amide bonds. The van der Waals surface area contributed by atoms with Crippen LogP contribution in [-0.4, -0.2) is 14.0 Å². The van der Waals surface area contributed by atoms with Gasteiger partial charge < -0.3 is 10.3 Å². The lowest BCUT2D eigenvalue weighted by atomic mass is 10.2. The molecule has 0 aromatic heterocycles. The Labute approximate surface area is 88.2 Å². The van der Waals surface area contributed by atoms with E-state index in [2.05, 4.69) is 0 Å². The summed E-state index contributed by atoms with van der Waals surface area (Å²) in [5, 5.41) is -0.493. The number of hydrogen-bond acceptors (Lipinski definition) is 3. The van der Waals surface area contributed by atoms with Crippen molar-refractivity contribution in [3.63, 3.8) is 0 Å². The van der Waals surface area contributed by atoms with Crippen LogP contribution in [-0.2, 0) is 16.8 Å². The van der Waals surface area contributed by atoms with E-state index in [-0.39, 0.29) is 5.75 Å². The van der Waals surface area contributed by atoms with Crippen molar-refractivity contribution in [2.45, 2.75) is 10.6 Å². The van der Waals surface area contributed by atoms with Crippen molar-refractivity contribution in [3.05, 3.63) is 29.8 Å². The number of nitrogens with two attached hydrogens (primary N) is 1. The maximum absolute atomic E-state index is 10.6. The number of primary amides is 1. The van der Waals surface area contributed by atoms with Crippen molar-refractivity contribution in [2.75, 3.05) is 0 Å². The van der Waals surface area contributed by atoms with Crippen molar-refractivity contribution in [3.8, 4) is 0 Å². The van der Waals surface area contributed by atoms with Crippen molar-refractivity contribution >= 4 is 28.1 Å². The van der Waals surface area contributed by atoms with Crippen molar-refractivity contribution in [2.24, 2.45) is 5.73 Å². The predicted octanol–water partition coefficient (Wildman–Crippen LogP) is 1.58. The third-order valence-corrected chi connectivity index (χ3v) is 2.68.